The van der Waals surface area contributed by atoms with E-state index in [-0.39, 0.29) is 0 Å². The summed E-state index contributed by atoms with van der Waals surface area (Å²) in [5.41, 5.74) is 5.28. The summed E-state index contributed by atoms with van der Waals surface area (Å²) in [6, 6.07) is 16.8. The fourth-order valence-electron chi connectivity index (χ4n) is 4.01. The Bertz CT molecular complexity index is 1130. The van der Waals surface area contributed by atoms with Crippen LogP contribution >= 0.6 is 0 Å². The monoisotopic (exact) mass is 398 g/mol. The molecule has 0 bridgehead atoms. The van der Waals surface area contributed by atoms with Crippen LogP contribution in [0.2, 0.25) is 0 Å². The van der Waals surface area contributed by atoms with E-state index in [1.54, 1.807) is 0 Å². The van der Waals surface area contributed by atoms with Crippen molar-refractivity contribution in [3.8, 4) is 11.4 Å². The lowest BCUT2D eigenvalue weighted by atomic mass is 10.1. The van der Waals surface area contributed by atoms with E-state index in [0.29, 0.717) is 0 Å². The van der Waals surface area contributed by atoms with Gasteiger partial charge in [0.2, 0.25) is 0 Å². The van der Waals surface area contributed by atoms with Crippen molar-refractivity contribution >= 4 is 11.5 Å². The number of pyridine rings is 1. The van der Waals surface area contributed by atoms with Crippen LogP contribution in [0.15, 0.2) is 67.1 Å². The first-order valence-electron chi connectivity index (χ1n) is 10.5. The van der Waals surface area contributed by atoms with Gasteiger partial charge < -0.3 is 9.80 Å². The summed E-state index contributed by atoms with van der Waals surface area (Å²) in [6.07, 6.45) is 7.67. The lowest BCUT2D eigenvalue weighted by Gasteiger charge is -2.33. The number of anilines is 1. The molecule has 1 saturated heterocycles. The van der Waals surface area contributed by atoms with Crippen molar-refractivity contribution in [2.75, 3.05) is 38.1 Å². The second-order valence-corrected chi connectivity index (χ2v) is 7.88. The van der Waals surface area contributed by atoms with E-state index in [1.165, 1.54) is 5.56 Å². The molecule has 1 aliphatic rings. The molecule has 4 heterocycles. The van der Waals surface area contributed by atoms with Crippen LogP contribution in [0.25, 0.3) is 17.0 Å². The number of hydrogen-bond donors (Lipinski definition) is 0. The van der Waals surface area contributed by atoms with Gasteiger partial charge in [-0.3, -0.25) is 9.38 Å². The average Bonchev–Trinajstić information content (AvgIpc) is 3.24. The number of piperazine rings is 1. The summed E-state index contributed by atoms with van der Waals surface area (Å²) in [5.74, 6) is 0.956. The first-order chi connectivity index (χ1) is 14.8. The lowest BCUT2D eigenvalue weighted by Crippen LogP contribution is -2.45. The molecule has 0 radical (unpaired) electrons. The number of benzene rings is 1. The van der Waals surface area contributed by atoms with E-state index >= 15 is 0 Å². The van der Waals surface area contributed by atoms with Gasteiger partial charge in [-0.05, 0) is 37.6 Å². The maximum absolute atomic E-state index is 4.93. The first-order valence-corrected chi connectivity index (χ1v) is 10.5. The highest BCUT2D eigenvalue weighted by Gasteiger charge is 2.20. The van der Waals surface area contributed by atoms with Crippen LogP contribution in [0, 0.1) is 0 Å². The summed E-state index contributed by atoms with van der Waals surface area (Å²) >= 11 is 0. The van der Waals surface area contributed by atoms with Gasteiger partial charge in [-0.2, -0.15) is 0 Å². The van der Waals surface area contributed by atoms with Gasteiger partial charge in [-0.25, -0.2) is 9.97 Å². The summed E-state index contributed by atoms with van der Waals surface area (Å²) in [4.78, 5) is 19.0. The highest BCUT2D eigenvalue weighted by molar-refractivity contribution is 5.70. The maximum atomic E-state index is 4.93. The first kappa shape index (κ1) is 18.8. The number of aryl methyl sites for hydroxylation is 2. The third-order valence-corrected chi connectivity index (χ3v) is 5.79. The largest absolute Gasteiger partial charge is 0.351 e. The molecule has 5 rings (SSSR count). The molecule has 0 unspecified atom stereocenters. The molecule has 0 amide bonds. The molecule has 0 spiro atoms. The van der Waals surface area contributed by atoms with Crippen molar-refractivity contribution in [1.82, 2.24) is 24.3 Å². The fraction of sp³-hybridized carbons (Fsp3) is 0.292. The molecule has 0 atom stereocenters. The predicted octanol–water partition coefficient (Wildman–Crippen LogP) is 3.33. The van der Waals surface area contributed by atoms with Crippen molar-refractivity contribution in [1.29, 1.82) is 0 Å². The Kier molecular flexibility index (Phi) is 5.15. The number of hydrogen-bond acceptors (Lipinski definition) is 5. The summed E-state index contributed by atoms with van der Waals surface area (Å²) < 4.78 is 2.12. The van der Waals surface area contributed by atoms with Crippen molar-refractivity contribution in [3.63, 3.8) is 0 Å². The number of imidazole rings is 1. The Balaban J connectivity index is 1.42. The van der Waals surface area contributed by atoms with Gasteiger partial charge in [-0.15, -0.1) is 0 Å². The molecule has 1 fully saturated rings. The van der Waals surface area contributed by atoms with Gasteiger partial charge in [0.1, 0.15) is 0 Å². The second-order valence-electron chi connectivity index (χ2n) is 7.88. The molecule has 6 nitrogen and oxygen atoms in total. The number of fused-ring (bicyclic) bond motifs is 1. The molecular formula is C24H26N6. The van der Waals surface area contributed by atoms with Crippen molar-refractivity contribution in [2.24, 2.45) is 0 Å². The minimum atomic E-state index is 0.897. The van der Waals surface area contributed by atoms with E-state index in [0.717, 1.165) is 67.6 Å². The molecule has 3 aromatic heterocycles. The van der Waals surface area contributed by atoms with Crippen LogP contribution < -0.4 is 4.90 Å². The molecule has 4 aromatic rings. The Hall–Kier alpha value is -3.25. The standard InChI is InChI=1S/C24H26N6/c1-28-14-16-29(17-15-28)23-24-26-18-22(30(24)13-12-25-23)21-9-5-8-20(27-21)11-10-19-6-3-2-4-7-19/h2-9,12-13,18H,10-11,14-17H2,1H3. The second kappa shape index (κ2) is 8.24. The molecule has 0 N–H and O–H groups in total. The van der Waals surface area contributed by atoms with Crippen LogP contribution in [0.3, 0.4) is 0 Å². The van der Waals surface area contributed by atoms with Crippen LogP contribution in [0.4, 0.5) is 5.82 Å². The molecule has 152 valence electrons. The number of aromatic nitrogens is 4. The van der Waals surface area contributed by atoms with E-state index in [2.05, 4.69) is 74.8 Å². The minimum absolute atomic E-state index is 0.897. The van der Waals surface area contributed by atoms with Gasteiger partial charge in [0.15, 0.2) is 11.5 Å². The van der Waals surface area contributed by atoms with Crippen LogP contribution in [0.5, 0.6) is 0 Å². The maximum Gasteiger partial charge on any atom is 0.180 e. The Morgan fingerprint density at radius 1 is 0.867 bits per heavy atom. The molecule has 0 aliphatic carbocycles. The zero-order valence-electron chi connectivity index (χ0n) is 17.3. The zero-order chi connectivity index (χ0) is 20.3. The van der Waals surface area contributed by atoms with Crippen molar-refractivity contribution in [2.45, 2.75) is 12.8 Å². The Labute approximate surface area is 176 Å². The number of likely N-dealkylation sites (N-methyl/N-ethyl adjacent to an activating group) is 1. The van der Waals surface area contributed by atoms with E-state index in [9.17, 15) is 0 Å². The lowest BCUT2D eigenvalue weighted by molar-refractivity contribution is 0.312. The van der Waals surface area contributed by atoms with Gasteiger partial charge in [0.25, 0.3) is 0 Å². The fourth-order valence-corrected chi connectivity index (χ4v) is 4.01. The van der Waals surface area contributed by atoms with Gasteiger partial charge in [0, 0.05) is 44.3 Å². The molecular weight excluding hydrogens is 372 g/mol. The molecule has 0 saturated carbocycles. The number of nitrogens with zero attached hydrogens (tertiary/aromatic N) is 6. The van der Waals surface area contributed by atoms with Gasteiger partial charge in [-0.1, -0.05) is 36.4 Å². The summed E-state index contributed by atoms with van der Waals surface area (Å²) in [5, 5.41) is 0. The molecule has 6 heteroatoms. The molecule has 1 aromatic carbocycles. The van der Waals surface area contributed by atoms with Crippen molar-refractivity contribution in [3.05, 3.63) is 78.4 Å². The number of rotatable bonds is 5. The van der Waals surface area contributed by atoms with Gasteiger partial charge in [0.05, 0.1) is 17.6 Å². The normalized spacial score (nSPS) is 15.0. The topological polar surface area (TPSA) is 49.6 Å². The Morgan fingerprint density at radius 2 is 1.70 bits per heavy atom. The smallest absolute Gasteiger partial charge is 0.180 e. The van der Waals surface area contributed by atoms with Crippen molar-refractivity contribution < 1.29 is 0 Å². The van der Waals surface area contributed by atoms with Crippen LogP contribution in [-0.2, 0) is 12.8 Å². The summed E-state index contributed by atoms with van der Waals surface area (Å²) in [7, 11) is 2.16. The third-order valence-electron chi connectivity index (χ3n) is 5.79. The average molecular weight is 399 g/mol. The minimum Gasteiger partial charge on any atom is -0.351 e. The third kappa shape index (κ3) is 3.78. The van der Waals surface area contributed by atoms with Gasteiger partial charge >= 0.3 is 0 Å². The summed E-state index contributed by atoms with van der Waals surface area (Å²) in [6.45, 7) is 4.03. The van der Waals surface area contributed by atoms with E-state index < -0.39 is 0 Å². The zero-order valence-corrected chi connectivity index (χ0v) is 17.3. The highest BCUT2D eigenvalue weighted by Crippen LogP contribution is 2.25. The van der Waals surface area contributed by atoms with E-state index in [1.807, 2.05) is 18.6 Å². The SMILES string of the molecule is CN1CCN(c2nccn3c(-c4cccc(CCc5ccccc5)n4)cnc23)CC1. The predicted molar refractivity (Wildman–Crippen MR) is 120 cm³/mol. The highest BCUT2D eigenvalue weighted by atomic mass is 15.3. The van der Waals surface area contributed by atoms with Crippen LogP contribution in [-0.4, -0.2) is 57.5 Å². The Morgan fingerprint density at radius 3 is 2.53 bits per heavy atom. The quantitative estimate of drug-likeness (QED) is 0.516. The van der Waals surface area contributed by atoms with E-state index in [4.69, 9.17) is 9.97 Å². The van der Waals surface area contributed by atoms with Crippen LogP contribution in [0.1, 0.15) is 11.3 Å². The molecule has 30 heavy (non-hydrogen) atoms. The molecule has 1 aliphatic heterocycles.